The van der Waals surface area contributed by atoms with Crippen molar-refractivity contribution in [3.63, 3.8) is 0 Å². The van der Waals surface area contributed by atoms with Crippen molar-refractivity contribution in [2.24, 2.45) is 0 Å². The second-order valence-corrected chi connectivity index (χ2v) is 7.96. The van der Waals surface area contributed by atoms with Crippen LogP contribution in [-0.4, -0.2) is 55.6 Å². The van der Waals surface area contributed by atoms with Crippen molar-refractivity contribution in [3.05, 3.63) is 36.7 Å². The van der Waals surface area contributed by atoms with Crippen LogP contribution in [0.25, 0.3) is 0 Å². The summed E-state index contributed by atoms with van der Waals surface area (Å²) in [4.78, 5) is 8.41. The second-order valence-electron chi connectivity index (χ2n) is 6.02. The van der Waals surface area contributed by atoms with E-state index in [0.717, 1.165) is 6.42 Å². The minimum Gasteiger partial charge on any atom is -0.494 e. The molecule has 1 aliphatic rings. The number of hydrogen-bond donors (Lipinski definition) is 0. The third-order valence-electron chi connectivity index (χ3n) is 4.22. The number of sulfonamides is 1. The lowest BCUT2D eigenvalue weighted by atomic mass is 10.1. The number of ether oxygens (including phenoxy) is 3. The van der Waals surface area contributed by atoms with Gasteiger partial charge in [0.25, 0.3) is 11.8 Å². The van der Waals surface area contributed by atoms with Crippen LogP contribution < -0.4 is 14.2 Å². The van der Waals surface area contributed by atoms with Gasteiger partial charge in [-0.3, -0.25) is 0 Å². The molecule has 0 aliphatic carbocycles. The van der Waals surface area contributed by atoms with Crippen molar-refractivity contribution in [1.29, 1.82) is 0 Å². The summed E-state index contributed by atoms with van der Waals surface area (Å²) in [5.41, 5.74) is 0. The molecule has 1 aromatic heterocycles. The molecule has 2 heterocycles. The van der Waals surface area contributed by atoms with Crippen LogP contribution in [0.4, 0.5) is 0 Å². The Morgan fingerprint density at radius 2 is 1.85 bits per heavy atom. The largest absolute Gasteiger partial charge is 0.494 e. The molecule has 1 atom stereocenters. The predicted octanol–water partition coefficient (Wildman–Crippen LogP) is 2.12. The number of piperidine rings is 1. The van der Waals surface area contributed by atoms with Crippen LogP contribution >= 0.6 is 0 Å². The van der Waals surface area contributed by atoms with Gasteiger partial charge in [-0.1, -0.05) is 0 Å². The first kappa shape index (κ1) is 19.4. The summed E-state index contributed by atoms with van der Waals surface area (Å²) in [6.07, 6.45) is 4.13. The van der Waals surface area contributed by atoms with Gasteiger partial charge < -0.3 is 14.2 Å². The van der Waals surface area contributed by atoms with Crippen LogP contribution in [0.1, 0.15) is 19.8 Å². The molecule has 146 valence electrons. The summed E-state index contributed by atoms with van der Waals surface area (Å²) >= 11 is 0. The van der Waals surface area contributed by atoms with E-state index in [0.29, 0.717) is 25.3 Å². The fourth-order valence-electron chi connectivity index (χ4n) is 2.93. The van der Waals surface area contributed by atoms with Crippen molar-refractivity contribution in [2.45, 2.75) is 30.8 Å². The Kier molecular flexibility index (Phi) is 6.12. The van der Waals surface area contributed by atoms with Crippen LogP contribution in [0.2, 0.25) is 0 Å². The van der Waals surface area contributed by atoms with E-state index in [-0.39, 0.29) is 29.3 Å². The molecule has 0 amide bonds. The fourth-order valence-corrected chi connectivity index (χ4v) is 4.44. The number of rotatable bonds is 7. The maximum absolute atomic E-state index is 13.0. The maximum atomic E-state index is 13.0. The summed E-state index contributed by atoms with van der Waals surface area (Å²) in [6, 6.07) is 6.46. The normalized spacial score (nSPS) is 18.1. The molecule has 0 N–H and O–H groups in total. The third kappa shape index (κ3) is 4.48. The molecule has 0 saturated carbocycles. The molecule has 1 fully saturated rings. The quantitative estimate of drug-likeness (QED) is 0.711. The van der Waals surface area contributed by atoms with Gasteiger partial charge in [0.15, 0.2) is 0 Å². The van der Waals surface area contributed by atoms with E-state index >= 15 is 0 Å². The summed E-state index contributed by atoms with van der Waals surface area (Å²) in [6.45, 7) is 3.11. The van der Waals surface area contributed by atoms with E-state index in [1.54, 1.807) is 24.3 Å². The Morgan fingerprint density at radius 1 is 1.15 bits per heavy atom. The first-order chi connectivity index (χ1) is 13.0. The number of benzene rings is 1. The zero-order valence-corrected chi connectivity index (χ0v) is 16.2. The number of nitrogens with zero attached hydrogens (tertiary/aromatic N) is 3. The molecule has 2 aromatic rings. The van der Waals surface area contributed by atoms with Crippen molar-refractivity contribution in [3.8, 4) is 17.5 Å². The molecular formula is C18H23N3O5S. The van der Waals surface area contributed by atoms with E-state index < -0.39 is 10.0 Å². The Balaban J connectivity index is 1.72. The standard InChI is InChI=1S/C18H23N3O5S/c1-3-25-14-6-8-16(9-7-14)27(22,23)21-12-4-5-15(13-21)26-18-17(24-2)19-10-11-20-18/h6-11,15H,3-5,12-13H2,1-2H3. The minimum absolute atomic E-state index is 0.240. The third-order valence-corrected chi connectivity index (χ3v) is 6.10. The Hall–Kier alpha value is -2.39. The van der Waals surface area contributed by atoms with Gasteiger partial charge in [-0.05, 0) is 44.0 Å². The highest BCUT2D eigenvalue weighted by molar-refractivity contribution is 7.89. The highest BCUT2D eigenvalue weighted by atomic mass is 32.2. The van der Waals surface area contributed by atoms with Crippen LogP contribution in [-0.2, 0) is 10.0 Å². The average molecular weight is 393 g/mol. The van der Waals surface area contributed by atoms with Gasteiger partial charge in [-0.2, -0.15) is 4.31 Å². The highest BCUT2D eigenvalue weighted by Gasteiger charge is 2.32. The van der Waals surface area contributed by atoms with Crippen molar-refractivity contribution in [2.75, 3.05) is 26.8 Å². The lowest BCUT2D eigenvalue weighted by molar-refractivity contribution is 0.119. The Labute approximate surface area is 159 Å². The van der Waals surface area contributed by atoms with Crippen LogP contribution in [0.5, 0.6) is 17.5 Å². The topological polar surface area (TPSA) is 90.9 Å². The van der Waals surface area contributed by atoms with Gasteiger partial charge in [0.2, 0.25) is 10.0 Å². The van der Waals surface area contributed by atoms with Crippen LogP contribution in [0.15, 0.2) is 41.6 Å². The molecule has 1 unspecified atom stereocenters. The fraction of sp³-hybridized carbons (Fsp3) is 0.444. The Bertz CT molecular complexity index is 858. The summed E-state index contributed by atoms with van der Waals surface area (Å²) in [5.74, 6) is 1.19. The van der Waals surface area contributed by atoms with E-state index in [2.05, 4.69) is 9.97 Å². The first-order valence-electron chi connectivity index (χ1n) is 8.79. The summed E-state index contributed by atoms with van der Waals surface area (Å²) in [5, 5.41) is 0. The minimum atomic E-state index is -3.60. The second kappa shape index (κ2) is 8.53. The molecule has 1 saturated heterocycles. The Morgan fingerprint density at radius 3 is 2.52 bits per heavy atom. The molecule has 0 bridgehead atoms. The van der Waals surface area contributed by atoms with Crippen molar-refractivity contribution < 1.29 is 22.6 Å². The SMILES string of the molecule is CCOc1ccc(S(=O)(=O)N2CCCC(Oc3nccnc3OC)C2)cc1. The zero-order valence-electron chi connectivity index (χ0n) is 15.4. The predicted molar refractivity (Wildman–Crippen MR) is 98.6 cm³/mol. The van der Waals surface area contributed by atoms with Gasteiger partial charge >= 0.3 is 0 Å². The van der Waals surface area contributed by atoms with Gasteiger partial charge in [-0.25, -0.2) is 18.4 Å². The van der Waals surface area contributed by atoms with Crippen molar-refractivity contribution in [1.82, 2.24) is 14.3 Å². The van der Waals surface area contributed by atoms with E-state index in [1.165, 1.54) is 23.8 Å². The van der Waals surface area contributed by atoms with Gasteiger partial charge in [0, 0.05) is 18.9 Å². The van der Waals surface area contributed by atoms with Gasteiger partial charge in [0.1, 0.15) is 11.9 Å². The molecule has 0 radical (unpaired) electrons. The number of aromatic nitrogens is 2. The lowest BCUT2D eigenvalue weighted by Crippen LogP contribution is -2.44. The summed E-state index contributed by atoms with van der Waals surface area (Å²) in [7, 11) is -2.12. The first-order valence-corrected chi connectivity index (χ1v) is 10.2. The molecule has 0 spiro atoms. The smallest absolute Gasteiger partial charge is 0.278 e. The molecule has 1 aliphatic heterocycles. The van der Waals surface area contributed by atoms with E-state index in [9.17, 15) is 8.42 Å². The van der Waals surface area contributed by atoms with Crippen molar-refractivity contribution >= 4 is 10.0 Å². The van der Waals surface area contributed by atoms with Gasteiger partial charge in [0.05, 0.1) is 25.2 Å². The lowest BCUT2D eigenvalue weighted by Gasteiger charge is -2.31. The maximum Gasteiger partial charge on any atom is 0.278 e. The molecule has 27 heavy (non-hydrogen) atoms. The molecule has 9 heteroatoms. The highest BCUT2D eigenvalue weighted by Crippen LogP contribution is 2.27. The monoisotopic (exact) mass is 393 g/mol. The number of methoxy groups -OCH3 is 1. The van der Waals surface area contributed by atoms with Crippen LogP contribution in [0.3, 0.4) is 0 Å². The average Bonchev–Trinajstić information content (AvgIpc) is 2.69. The van der Waals surface area contributed by atoms with E-state index in [1.807, 2.05) is 6.92 Å². The molecular weight excluding hydrogens is 370 g/mol. The molecule has 3 rings (SSSR count). The molecule has 1 aromatic carbocycles. The van der Waals surface area contributed by atoms with Crippen LogP contribution in [0, 0.1) is 0 Å². The molecule has 8 nitrogen and oxygen atoms in total. The van der Waals surface area contributed by atoms with E-state index in [4.69, 9.17) is 14.2 Å². The number of hydrogen-bond acceptors (Lipinski definition) is 7. The van der Waals surface area contributed by atoms with Gasteiger partial charge in [-0.15, -0.1) is 0 Å². The zero-order chi connectivity index (χ0) is 19.3. The summed E-state index contributed by atoms with van der Waals surface area (Å²) < 4.78 is 43.7.